The smallest absolute Gasteiger partial charge is 0.127 e. The molecule has 0 fully saturated rings. The van der Waals surface area contributed by atoms with E-state index >= 15 is 0 Å². The van der Waals surface area contributed by atoms with E-state index in [2.05, 4.69) is 11.9 Å². The molecule has 0 unspecified atom stereocenters. The zero-order chi connectivity index (χ0) is 13.7. The number of para-hydroxylation sites is 1. The van der Waals surface area contributed by atoms with Crippen LogP contribution in [0.5, 0.6) is 5.75 Å². The van der Waals surface area contributed by atoms with E-state index in [1.54, 1.807) is 6.21 Å². The first kappa shape index (κ1) is 13.3. The van der Waals surface area contributed by atoms with Crippen LogP contribution in [0, 0.1) is 6.92 Å². The Hall–Kier alpha value is -2.09. The van der Waals surface area contributed by atoms with Gasteiger partial charge in [0.1, 0.15) is 5.75 Å². The minimum Gasteiger partial charge on any atom is -0.507 e. The van der Waals surface area contributed by atoms with E-state index < -0.39 is 0 Å². The molecule has 1 N–H and O–H groups in total. The molecular weight excluding hydrogens is 234 g/mol. The first-order chi connectivity index (χ1) is 9.20. The van der Waals surface area contributed by atoms with Crippen LogP contribution in [0.3, 0.4) is 0 Å². The molecule has 2 rings (SSSR count). The fourth-order valence-electron chi connectivity index (χ4n) is 2.10. The minimum absolute atomic E-state index is 0.354. The Balaban J connectivity index is 2.32. The Bertz CT molecular complexity index is 573. The summed E-state index contributed by atoms with van der Waals surface area (Å²) >= 11 is 0. The van der Waals surface area contributed by atoms with Gasteiger partial charge in [0.15, 0.2) is 0 Å². The maximum Gasteiger partial charge on any atom is 0.127 e. The summed E-state index contributed by atoms with van der Waals surface area (Å²) < 4.78 is 0. The Labute approximate surface area is 114 Å². The fourth-order valence-corrected chi connectivity index (χ4v) is 2.10. The van der Waals surface area contributed by atoms with Crippen LogP contribution in [0.4, 0.5) is 5.69 Å². The van der Waals surface area contributed by atoms with Crippen LogP contribution in [0.2, 0.25) is 0 Å². The van der Waals surface area contributed by atoms with Crippen molar-refractivity contribution < 1.29 is 5.11 Å². The summed E-state index contributed by atoms with van der Waals surface area (Å²) in [5, 5.41) is 10.2. The molecule has 0 saturated heterocycles. The number of phenolic OH excluding ortho intramolecular Hbond substituents is 1. The van der Waals surface area contributed by atoms with E-state index in [4.69, 9.17) is 0 Å². The summed E-state index contributed by atoms with van der Waals surface area (Å²) in [5.41, 5.74) is 3.82. The van der Waals surface area contributed by atoms with Crippen molar-refractivity contribution in [3.8, 4) is 5.75 Å². The van der Waals surface area contributed by atoms with Crippen molar-refractivity contribution in [2.75, 3.05) is 0 Å². The summed E-state index contributed by atoms with van der Waals surface area (Å²) in [5.74, 6) is 0.354. The molecule has 0 aliphatic rings. The monoisotopic (exact) mass is 253 g/mol. The number of rotatable bonds is 4. The highest BCUT2D eigenvalue weighted by atomic mass is 16.3. The molecule has 0 saturated carbocycles. The number of nitrogens with zero attached hydrogens (tertiary/aromatic N) is 1. The van der Waals surface area contributed by atoms with Crippen molar-refractivity contribution in [1.29, 1.82) is 0 Å². The number of benzene rings is 2. The molecule has 19 heavy (non-hydrogen) atoms. The number of aromatic hydroxyl groups is 1. The highest BCUT2D eigenvalue weighted by Crippen LogP contribution is 2.25. The van der Waals surface area contributed by atoms with Gasteiger partial charge in [-0.3, -0.25) is 4.99 Å². The average Bonchev–Trinajstić information content (AvgIpc) is 2.42. The third kappa shape index (κ3) is 3.44. The SMILES string of the molecule is CCCc1cc(C)cc(C=Nc2ccccc2)c1O. The van der Waals surface area contributed by atoms with E-state index in [0.717, 1.165) is 35.2 Å². The number of hydrogen-bond acceptors (Lipinski definition) is 2. The van der Waals surface area contributed by atoms with Crippen molar-refractivity contribution in [2.45, 2.75) is 26.7 Å². The van der Waals surface area contributed by atoms with Crippen molar-refractivity contribution in [3.05, 3.63) is 59.2 Å². The summed E-state index contributed by atoms with van der Waals surface area (Å²) in [7, 11) is 0. The number of hydrogen-bond donors (Lipinski definition) is 1. The molecule has 0 heterocycles. The van der Waals surface area contributed by atoms with Crippen LogP contribution < -0.4 is 0 Å². The quantitative estimate of drug-likeness (QED) is 0.805. The van der Waals surface area contributed by atoms with Gasteiger partial charge in [0.2, 0.25) is 0 Å². The van der Waals surface area contributed by atoms with Gasteiger partial charge in [-0.05, 0) is 42.7 Å². The molecule has 0 radical (unpaired) electrons. The van der Waals surface area contributed by atoms with E-state index in [1.807, 2.05) is 49.4 Å². The normalized spacial score (nSPS) is 11.1. The average molecular weight is 253 g/mol. The Kier molecular flexibility index (Phi) is 4.35. The number of aryl methyl sites for hydroxylation is 2. The van der Waals surface area contributed by atoms with Crippen molar-refractivity contribution in [1.82, 2.24) is 0 Å². The Morgan fingerprint density at radius 3 is 2.58 bits per heavy atom. The molecule has 0 amide bonds. The van der Waals surface area contributed by atoms with Crippen molar-refractivity contribution in [2.24, 2.45) is 4.99 Å². The van der Waals surface area contributed by atoms with E-state index in [1.165, 1.54) is 0 Å². The van der Waals surface area contributed by atoms with Crippen LogP contribution >= 0.6 is 0 Å². The van der Waals surface area contributed by atoms with E-state index in [0.29, 0.717) is 5.75 Å². The topological polar surface area (TPSA) is 32.6 Å². The molecule has 0 atom stereocenters. The molecule has 2 aromatic rings. The first-order valence-corrected chi connectivity index (χ1v) is 6.62. The van der Waals surface area contributed by atoms with Crippen LogP contribution in [0.15, 0.2) is 47.5 Å². The third-order valence-electron chi connectivity index (χ3n) is 2.99. The molecule has 98 valence electrons. The second-order valence-electron chi connectivity index (χ2n) is 4.71. The highest BCUT2D eigenvalue weighted by molar-refractivity contribution is 5.86. The molecular formula is C17H19NO. The van der Waals surface area contributed by atoms with Crippen LogP contribution in [0.25, 0.3) is 0 Å². The van der Waals surface area contributed by atoms with Gasteiger partial charge >= 0.3 is 0 Å². The van der Waals surface area contributed by atoms with Gasteiger partial charge in [-0.25, -0.2) is 0 Å². The predicted octanol–water partition coefficient (Wildman–Crippen LogP) is 4.40. The van der Waals surface area contributed by atoms with Gasteiger partial charge < -0.3 is 5.11 Å². The lowest BCUT2D eigenvalue weighted by Gasteiger charge is -2.08. The number of phenols is 1. The number of aliphatic imine (C=N–C) groups is 1. The van der Waals surface area contributed by atoms with E-state index in [-0.39, 0.29) is 0 Å². The largest absolute Gasteiger partial charge is 0.507 e. The third-order valence-corrected chi connectivity index (χ3v) is 2.99. The highest BCUT2D eigenvalue weighted by Gasteiger charge is 2.06. The predicted molar refractivity (Wildman–Crippen MR) is 80.5 cm³/mol. The van der Waals surface area contributed by atoms with Gasteiger partial charge in [0, 0.05) is 11.8 Å². The van der Waals surface area contributed by atoms with Gasteiger partial charge in [-0.15, -0.1) is 0 Å². The summed E-state index contributed by atoms with van der Waals surface area (Å²) in [4.78, 5) is 4.39. The zero-order valence-electron chi connectivity index (χ0n) is 11.4. The minimum atomic E-state index is 0.354. The molecule has 2 heteroatoms. The second kappa shape index (κ2) is 6.19. The maximum absolute atomic E-state index is 10.2. The first-order valence-electron chi connectivity index (χ1n) is 6.62. The summed E-state index contributed by atoms with van der Waals surface area (Å²) in [6, 6.07) is 13.7. The van der Waals surface area contributed by atoms with E-state index in [9.17, 15) is 5.11 Å². The van der Waals surface area contributed by atoms with Gasteiger partial charge in [-0.2, -0.15) is 0 Å². The summed E-state index contributed by atoms with van der Waals surface area (Å²) in [6.45, 7) is 4.15. The molecule has 0 aliphatic heterocycles. The lowest BCUT2D eigenvalue weighted by Crippen LogP contribution is -1.92. The molecule has 0 aromatic heterocycles. The van der Waals surface area contributed by atoms with Crippen LogP contribution in [-0.4, -0.2) is 11.3 Å². The zero-order valence-corrected chi connectivity index (χ0v) is 11.4. The molecule has 0 spiro atoms. The van der Waals surface area contributed by atoms with Crippen molar-refractivity contribution >= 4 is 11.9 Å². The standard InChI is InChI=1S/C17H19NO/c1-3-7-14-10-13(2)11-15(17(14)19)12-18-16-8-5-4-6-9-16/h4-6,8-12,19H,3,7H2,1-2H3. The molecule has 2 aromatic carbocycles. The van der Waals surface area contributed by atoms with Gasteiger partial charge in [0.05, 0.1) is 5.69 Å². The van der Waals surface area contributed by atoms with Crippen molar-refractivity contribution in [3.63, 3.8) is 0 Å². The fraction of sp³-hybridized carbons (Fsp3) is 0.235. The molecule has 0 aliphatic carbocycles. The van der Waals surface area contributed by atoms with Gasteiger partial charge in [-0.1, -0.05) is 37.6 Å². The summed E-state index contributed by atoms with van der Waals surface area (Å²) in [6.07, 6.45) is 3.64. The molecule has 0 bridgehead atoms. The van der Waals surface area contributed by atoms with Crippen LogP contribution in [-0.2, 0) is 6.42 Å². The lowest BCUT2D eigenvalue weighted by atomic mass is 10.0. The lowest BCUT2D eigenvalue weighted by molar-refractivity contribution is 0.466. The second-order valence-corrected chi connectivity index (χ2v) is 4.71. The Morgan fingerprint density at radius 1 is 1.16 bits per heavy atom. The molecule has 2 nitrogen and oxygen atoms in total. The van der Waals surface area contributed by atoms with Gasteiger partial charge in [0.25, 0.3) is 0 Å². The Morgan fingerprint density at radius 2 is 1.89 bits per heavy atom. The maximum atomic E-state index is 10.2. The van der Waals surface area contributed by atoms with Crippen LogP contribution in [0.1, 0.15) is 30.0 Å².